The summed E-state index contributed by atoms with van der Waals surface area (Å²) in [5.74, 6) is 0.878. The van der Waals surface area contributed by atoms with Gasteiger partial charge in [0.1, 0.15) is 22.7 Å². The van der Waals surface area contributed by atoms with E-state index in [1.54, 1.807) is 24.4 Å². The van der Waals surface area contributed by atoms with Crippen LogP contribution < -0.4 is 4.90 Å². The van der Waals surface area contributed by atoms with Crippen LogP contribution in [0.15, 0.2) is 53.6 Å². The van der Waals surface area contributed by atoms with Crippen molar-refractivity contribution in [3.63, 3.8) is 0 Å². The third-order valence-corrected chi connectivity index (χ3v) is 6.76. The number of benzene rings is 1. The molecule has 0 spiro atoms. The number of fused-ring (bicyclic) bond motifs is 1. The lowest BCUT2D eigenvalue weighted by molar-refractivity contribution is 0.0986. The Bertz CT molecular complexity index is 1360. The molecule has 0 bridgehead atoms. The third kappa shape index (κ3) is 3.87. The van der Waals surface area contributed by atoms with E-state index in [1.165, 1.54) is 6.26 Å². The van der Waals surface area contributed by atoms with Gasteiger partial charge >= 0.3 is 0 Å². The van der Waals surface area contributed by atoms with Crippen LogP contribution in [0, 0.1) is 0 Å². The first kappa shape index (κ1) is 20.7. The number of hydrogen-bond donors (Lipinski definition) is 1. The molecule has 4 heterocycles. The van der Waals surface area contributed by atoms with Gasteiger partial charge in [-0.1, -0.05) is 12.1 Å². The quantitative estimate of drug-likeness (QED) is 0.496. The smallest absolute Gasteiger partial charge is 0.175 e. The van der Waals surface area contributed by atoms with Crippen molar-refractivity contribution < 1.29 is 13.2 Å². The molecule has 9 nitrogen and oxygen atoms in total. The molecule has 166 valence electrons. The summed E-state index contributed by atoms with van der Waals surface area (Å²) in [6.45, 7) is 4.66. The molecule has 4 aromatic rings. The highest BCUT2D eigenvalue weighted by atomic mass is 32.2. The summed E-state index contributed by atoms with van der Waals surface area (Å²) in [6, 6.07) is 13.1. The fourth-order valence-electron chi connectivity index (χ4n) is 4.01. The molecule has 1 saturated heterocycles. The monoisotopic (exact) mass is 452 g/mol. The van der Waals surface area contributed by atoms with Crippen LogP contribution in [-0.4, -0.2) is 65.4 Å². The zero-order valence-corrected chi connectivity index (χ0v) is 18.7. The van der Waals surface area contributed by atoms with Crippen molar-refractivity contribution in [3.05, 3.63) is 54.2 Å². The van der Waals surface area contributed by atoms with E-state index in [1.807, 2.05) is 28.9 Å². The van der Waals surface area contributed by atoms with Crippen molar-refractivity contribution >= 4 is 26.7 Å². The lowest BCUT2D eigenvalue weighted by Crippen LogP contribution is -2.44. The van der Waals surface area contributed by atoms with Crippen molar-refractivity contribution in [2.45, 2.75) is 24.4 Å². The Labute approximate surface area is 185 Å². The number of aromatic nitrogens is 5. The van der Waals surface area contributed by atoms with Crippen LogP contribution >= 0.6 is 0 Å². The van der Waals surface area contributed by atoms with Gasteiger partial charge in [0, 0.05) is 19.0 Å². The van der Waals surface area contributed by atoms with Crippen molar-refractivity contribution in [1.29, 1.82) is 0 Å². The number of ether oxygens (including phenoxy) is 1. The second-order valence-corrected chi connectivity index (χ2v) is 10.1. The Kier molecular flexibility index (Phi) is 5.18. The van der Waals surface area contributed by atoms with Crippen LogP contribution in [0.2, 0.25) is 0 Å². The zero-order chi connectivity index (χ0) is 22.3. The highest BCUT2D eigenvalue weighted by molar-refractivity contribution is 7.90. The highest BCUT2D eigenvalue weighted by Gasteiger charge is 2.23. The average Bonchev–Trinajstić information content (AvgIpc) is 3.42. The van der Waals surface area contributed by atoms with Gasteiger partial charge in [0.25, 0.3) is 0 Å². The van der Waals surface area contributed by atoms with Crippen LogP contribution in [0.3, 0.4) is 0 Å². The average molecular weight is 453 g/mol. The van der Waals surface area contributed by atoms with Crippen molar-refractivity contribution in [1.82, 2.24) is 25.0 Å². The Hall–Kier alpha value is -3.24. The number of H-pyrrole nitrogens is 1. The van der Waals surface area contributed by atoms with E-state index < -0.39 is 9.84 Å². The number of nitrogens with one attached hydrogen (secondary N) is 1. The summed E-state index contributed by atoms with van der Waals surface area (Å²) in [5.41, 5.74) is 3.85. The fraction of sp³-hybridized carbons (Fsp3) is 0.318. The molecule has 3 aromatic heterocycles. The summed E-state index contributed by atoms with van der Waals surface area (Å²) in [4.78, 5) is 7.49. The van der Waals surface area contributed by atoms with Gasteiger partial charge in [-0.05, 0) is 42.8 Å². The Morgan fingerprint density at radius 3 is 2.84 bits per heavy atom. The molecular weight excluding hydrogens is 428 g/mol. The molecule has 32 heavy (non-hydrogen) atoms. The molecule has 1 aliphatic heterocycles. The number of nitrogens with zero attached hydrogens (tertiary/aromatic N) is 5. The molecule has 1 fully saturated rings. The summed E-state index contributed by atoms with van der Waals surface area (Å²) < 4.78 is 31.3. The van der Waals surface area contributed by atoms with Crippen LogP contribution in [0.1, 0.15) is 12.5 Å². The van der Waals surface area contributed by atoms with E-state index in [0.717, 1.165) is 29.0 Å². The largest absolute Gasteiger partial charge is 0.377 e. The predicted molar refractivity (Wildman–Crippen MR) is 121 cm³/mol. The van der Waals surface area contributed by atoms with Crippen molar-refractivity contribution in [3.8, 4) is 11.4 Å². The second kappa shape index (κ2) is 8.03. The van der Waals surface area contributed by atoms with Gasteiger partial charge in [-0.3, -0.25) is 9.78 Å². The topological polar surface area (TPSA) is 106 Å². The Morgan fingerprint density at radius 2 is 2.09 bits per heavy atom. The molecule has 5 rings (SSSR count). The maximum Gasteiger partial charge on any atom is 0.175 e. The third-order valence-electron chi connectivity index (χ3n) is 5.65. The van der Waals surface area contributed by atoms with Crippen LogP contribution in [0.25, 0.3) is 22.4 Å². The number of pyridine rings is 1. The van der Waals surface area contributed by atoms with E-state index >= 15 is 0 Å². The molecule has 1 aliphatic rings. The SMILES string of the molecule is C[C@@H]1COCCN1c1ccc2c(n1)c(-c1cc[nH]n1)nn2Cc1cccc(S(C)(=O)=O)c1. The van der Waals surface area contributed by atoms with E-state index in [4.69, 9.17) is 14.8 Å². The van der Waals surface area contributed by atoms with Crippen LogP contribution in [0.5, 0.6) is 0 Å². The van der Waals surface area contributed by atoms with E-state index in [2.05, 4.69) is 22.0 Å². The van der Waals surface area contributed by atoms with Gasteiger partial charge in [-0.15, -0.1) is 0 Å². The molecular formula is C22H24N6O3S. The molecule has 1 atom stereocenters. The predicted octanol–water partition coefficient (Wildman–Crippen LogP) is 2.50. The number of hydrogen-bond acceptors (Lipinski definition) is 7. The van der Waals surface area contributed by atoms with E-state index in [-0.39, 0.29) is 6.04 Å². The van der Waals surface area contributed by atoms with Gasteiger partial charge < -0.3 is 9.64 Å². The first-order chi connectivity index (χ1) is 15.4. The first-order valence-corrected chi connectivity index (χ1v) is 12.3. The Balaban J connectivity index is 1.59. The first-order valence-electron chi connectivity index (χ1n) is 10.4. The standard InChI is InChI=1S/C22H24N6O3S/c1-15-14-31-11-10-27(15)20-7-6-19-22(24-20)21(18-8-9-23-25-18)26-28(19)13-16-4-3-5-17(12-16)32(2,29)30/h3-9,12,15H,10-11,13-14H2,1-2H3,(H,23,25)/t15-/m1/s1. The molecule has 10 heteroatoms. The normalized spacial score (nSPS) is 17.2. The highest BCUT2D eigenvalue weighted by Crippen LogP contribution is 2.29. The maximum absolute atomic E-state index is 12.0. The van der Waals surface area contributed by atoms with Crippen molar-refractivity contribution in [2.24, 2.45) is 0 Å². The summed E-state index contributed by atoms with van der Waals surface area (Å²) in [7, 11) is -3.29. The van der Waals surface area contributed by atoms with Crippen LogP contribution in [-0.2, 0) is 21.1 Å². The molecule has 0 unspecified atom stereocenters. The van der Waals surface area contributed by atoms with Crippen molar-refractivity contribution in [2.75, 3.05) is 30.9 Å². The molecule has 0 amide bonds. The number of aromatic amines is 1. The lowest BCUT2D eigenvalue weighted by Gasteiger charge is -2.34. The zero-order valence-electron chi connectivity index (χ0n) is 17.9. The number of morpholine rings is 1. The minimum atomic E-state index is -3.29. The minimum Gasteiger partial charge on any atom is -0.377 e. The molecule has 0 radical (unpaired) electrons. The Morgan fingerprint density at radius 1 is 1.22 bits per heavy atom. The van der Waals surface area contributed by atoms with E-state index in [0.29, 0.717) is 36.0 Å². The molecule has 1 aromatic carbocycles. The molecule has 0 aliphatic carbocycles. The lowest BCUT2D eigenvalue weighted by atomic mass is 10.2. The van der Waals surface area contributed by atoms with Crippen LogP contribution in [0.4, 0.5) is 5.82 Å². The number of sulfone groups is 1. The summed E-state index contributed by atoms with van der Waals surface area (Å²) in [5, 5.41) is 12.0. The number of rotatable bonds is 5. The number of anilines is 1. The van der Waals surface area contributed by atoms with Gasteiger partial charge in [0.15, 0.2) is 9.84 Å². The molecule has 0 saturated carbocycles. The summed E-state index contributed by atoms with van der Waals surface area (Å²) >= 11 is 0. The van der Waals surface area contributed by atoms with Gasteiger partial charge in [0.2, 0.25) is 0 Å². The summed E-state index contributed by atoms with van der Waals surface area (Å²) in [6.07, 6.45) is 2.97. The van der Waals surface area contributed by atoms with Gasteiger partial charge in [-0.2, -0.15) is 10.2 Å². The minimum absolute atomic E-state index is 0.233. The molecule has 1 N–H and O–H groups in total. The van der Waals surface area contributed by atoms with Gasteiger partial charge in [0.05, 0.1) is 36.2 Å². The van der Waals surface area contributed by atoms with E-state index in [9.17, 15) is 8.42 Å². The second-order valence-electron chi connectivity index (χ2n) is 8.04. The van der Waals surface area contributed by atoms with Gasteiger partial charge in [-0.25, -0.2) is 13.4 Å². The fourth-order valence-corrected chi connectivity index (χ4v) is 4.70. The maximum atomic E-state index is 12.0.